The number of hydrogen-bond donors (Lipinski definition) is 2. The predicted molar refractivity (Wildman–Crippen MR) is 80.2 cm³/mol. The number of pyridine rings is 1. The van der Waals surface area contributed by atoms with Crippen LogP contribution in [-0.2, 0) is 0 Å². The van der Waals surface area contributed by atoms with E-state index < -0.39 is 0 Å². The molecule has 0 aromatic carbocycles. The van der Waals surface area contributed by atoms with Crippen molar-refractivity contribution >= 4 is 23.3 Å². The summed E-state index contributed by atoms with van der Waals surface area (Å²) in [4.78, 5) is 18.3. The highest BCUT2D eigenvalue weighted by atomic mass is 35.5. The molecule has 1 unspecified atom stereocenters. The molecule has 1 aliphatic heterocycles. The van der Waals surface area contributed by atoms with Crippen LogP contribution in [0.15, 0.2) is 30.9 Å². The van der Waals surface area contributed by atoms with Crippen molar-refractivity contribution in [3.63, 3.8) is 0 Å². The van der Waals surface area contributed by atoms with E-state index in [1.165, 1.54) is 6.20 Å². The predicted octanol–water partition coefficient (Wildman–Crippen LogP) is 3.22. The first-order valence-corrected chi connectivity index (χ1v) is 7.28. The molecular weight excluding hydrogens is 290 g/mol. The van der Waals surface area contributed by atoms with E-state index in [0.717, 1.165) is 31.4 Å². The quantitative estimate of drug-likeness (QED) is 0.894. The lowest BCUT2D eigenvalue weighted by Gasteiger charge is -2.35. The van der Waals surface area contributed by atoms with E-state index in [0.29, 0.717) is 10.7 Å². The zero-order chi connectivity index (χ0) is 14.7. The zero-order valence-corrected chi connectivity index (χ0v) is 12.2. The maximum Gasteiger partial charge on any atom is 0.322 e. The van der Waals surface area contributed by atoms with Crippen molar-refractivity contribution in [2.75, 3.05) is 11.9 Å². The number of aromatic amines is 1. The number of anilines is 1. The third-order valence-corrected chi connectivity index (χ3v) is 3.83. The summed E-state index contributed by atoms with van der Waals surface area (Å²) < 4.78 is 0. The maximum atomic E-state index is 12.5. The minimum Gasteiger partial charge on any atom is -0.317 e. The number of carbonyl (C=O) groups is 1. The molecular formula is C14H16ClN5O. The van der Waals surface area contributed by atoms with Gasteiger partial charge in [-0.15, -0.1) is 0 Å². The van der Waals surface area contributed by atoms with E-state index >= 15 is 0 Å². The van der Waals surface area contributed by atoms with Crippen molar-refractivity contribution in [2.45, 2.75) is 25.3 Å². The van der Waals surface area contributed by atoms with Gasteiger partial charge in [0.15, 0.2) is 0 Å². The molecule has 0 bridgehead atoms. The summed E-state index contributed by atoms with van der Waals surface area (Å²) in [6.45, 7) is 0.732. The average molecular weight is 306 g/mol. The molecule has 3 heterocycles. The Morgan fingerprint density at radius 3 is 3.05 bits per heavy atom. The topological polar surface area (TPSA) is 73.9 Å². The summed E-state index contributed by atoms with van der Waals surface area (Å²) in [5, 5.41) is 10.1. The summed E-state index contributed by atoms with van der Waals surface area (Å²) >= 11 is 5.88. The minimum atomic E-state index is -0.134. The van der Waals surface area contributed by atoms with Crippen LogP contribution in [0.5, 0.6) is 0 Å². The Labute approximate surface area is 127 Å². The van der Waals surface area contributed by atoms with Crippen molar-refractivity contribution in [3.05, 3.63) is 41.4 Å². The van der Waals surface area contributed by atoms with E-state index in [1.54, 1.807) is 18.5 Å². The lowest BCUT2D eigenvalue weighted by molar-refractivity contribution is 0.163. The Bertz CT molecular complexity index is 616. The number of rotatable bonds is 2. The molecule has 6 nitrogen and oxygen atoms in total. The molecule has 3 rings (SSSR count). The van der Waals surface area contributed by atoms with Gasteiger partial charge in [0.1, 0.15) is 0 Å². The molecule has 2 amide bonds. The second kappa shape index (κ2) is 6.13. The number of amides is 2. The summed E-state index contributed by atoms with van der Waals surface area (Å²) in [5.41, 5.74) is 1.64. The molecule has 2 N–H and O–H groups in total. The Morgan fingerprint density at radius 2 is 2.29 bits per heavy atom. The van der Waals surface area contributed by atoms with Gasteiger partial charge in [0.2, 0.25) is 0 Å². The highest BCUT2D eigenvalue weighted by Crippen LogP contribution is 2.30. The third kappa shape index (κ3) is 3.16. The first kappa shape index (κ1) is 13.9. The Morgan fingerprint density at radius 1 is 1.38 bits per heavy atom. The van der Waals surface area contributed by atoms with Crippen LogP contribution in [0.1, 0.15) is 30.9 Å². The number of piperidine rings is 1. The summed E-state index contributed by atoms with van der Waals surface area (Å²) in [5.74, 6) is 0. The Kier molecular flexibility index (Phi) is 4.06. The molecule has 0 aliphatic carbocycles. The van der Waals surface area contributed by atoms with Crippen molar-refractivity contribution in [3.8, 4) is 0 Å². The number of H-pyrrole nitrogens is 1. The van der Waals surface area contributed by atoms with Gasteiger partial charge in [-0.1, -0.05) is 11.6 Å². The van der Waals surface area contributed by atoms with Gasteiger partial charge in [-0.2, -0.15) is 5.10 Å². The first-order valence-electron chi connectivity index (χ1n) is 6.91. The van der Waals surface area contributed by atoms with Crippen LogP contribution < -0.4 is 5.32 Å². The SMILES string of the molecule is O=C(Nc1cncc(Cl)c1)N1CCCCC1c1cn[nH]c1. The second-order valence-corrected chi connectivity index (χ2v) is 5.50. The average Bonchev–Trinajstić information content (AvgIpc) is 3.01. The fourth-order valence-corrected chi connectivity index (χ4v) is 2.81. The number of aromatic nitrogens is 3. The van der Waals surface area contributed by atoms with E-state index in [1.807, 2.05) is 11.1 Å². The molecule has 1 aliphatic rings. The molecule has 7 heteroatoms. The van der Waals surface area contributed by atoms with Crippen LogP contribution in [0, 0.1) is 0 Å². The van der Waals surface area contributed by atoms with Gasteiger partial charge in [-0.3, -0.25) is 10.1 Å². The van der Waals surface area contributed by atoms with Gasteiger partial charge in [0.25, 0.3) is 0 Å². The molecule has 2 aromatic heterocycles. The molecule has 0 radical (unpaired) electrons. The lowest BCUT2D eigenvalue weighted by atomic mass is 9.98. The van der Waals surface area contributed by atoms with Gasteiger partial charge < -0.3 is 10.2 Å². The standard InChI is InChI=1S/C14H16ClN5O/c15-11-5-12(9-16-8-11)19-14(21)20-4-2-1-3-13(20)10-6-17-18-7-10/h5-9,13H,1-4H2,(H,17,18)(H,19,21). The fourth-order valence-electron chi connectivity index (χ4n) is 2.64. The van der Waals surface area contributed by atoms with E-state index in [9.17, 15) is 4.79 Å². The second-order valence-electron chi connectivity index (χ2n) is 5.06. The van der Waals surface area contributed by atoms with Crippen molar-refractivity contribution in [2.24, 2.45) is 0 Å². The number of nitrogens with zero attached hydrogens (tertiary/aromatic N) is 3. The summed E-state index contributed by atoms with van der Waals surface area (Å²) in [7, 11) is 0. The molecule has 1 atom stereocenters. The van der Waals surface area contributed by atoms with Gasteiger partial charge in [-0.05, 0) is 25.3 Å². The lowest BCUT2D eigenvalue weighted by Crippen LogP contribution is -2.41. The summed E-state index contributed by atoms with van der Waals surface area (Å²) in [6, 6.07) is 1.61. The van der Waals surface area contributed by atoms with Crippen molar-refractivity contribution in [1.29, 1.82) is 0 Å². The number of hydrogen-bond acceptors (Lipinski definition) is 3. The van der Waals surface area contributed by atoms with Crippen LogP contribution in [0.4, 0.5) is 10.5 Å². The van der Waals surface area contributed by atoms with Crippen LogP contribution >= 0.6 is 11.6 Å². The van der Waals surface area contributed by atoms with Gasteiger partial charge in [-0.25, -0.2) is 4.79 Å². The van der Waals surface area contributed by atoms with E-state index in [4.69, 9.17) is 11.6 Å². The maximum absolute atomic E-state index is 12.5. The number of carbonyl (C=O) groups excluding carboxylic acids is 1. The fraction of sp³-hybridized carbons (Fsp3) is 0.357. The molecule has 1 saturated heterocycles. The zero-order valence-electron chi connectivity index (χ0n) is 11.4. The Hall–Kier alpha value is -2.08. The van der Waals surface area contributed by atoms with E-state index in [-0.39, 0.29) is 12.1 Å². The number of nitrogens with one attached hydrogen (secondary N) is 2. The largest absolute Gasteiger partial charge is 0.322 e. The van der Waals surface area contributed by atoms with Gasteiger partial charge >= 0.3 is 6.03 Å². The number of likely N-dealkylation sites (tertiary alicyclic amines) is 1. The summed E-state index contributed by atoms with van der Waals surface area (Å²) in [6.07, 6.45) is 9.80. The van der Waals surface area contributed by atoms with Gasteiger partial charge in [0.05, 0.1) is 29.1 Å². The van der Waals surface area contributed by atoms with E-state index in [2.05, 4.69) is 20.5 Å². The highest BCUT2D eigenvalue weighted by Gasteiger charge is 2.28. The highest BCUT2D eigenvalue weighted by molar-refractivity contribution is 6.30. The Balaban J connectivity index is 1.75. The van der Waals surface area contributed by atoms with Crippen molar-refractivity contribution < 1.29 is 4.79 Å². The molecule has 110 valence electrons. The molecule has 1 fully saturated rings. The minimum absolute atomic E-state index is 0.0599. The molecule has 0 saturated carbocycles. The third-order valence-electron chi connectivity index (χ3n) is 3.62. The van der Waals surface area contributed by atoms with Crippen LogP contribution in [0.25, 0.3) is 0 Å². The molecule has 2 aromatic rings. The smallest absolute Gasteiger partial charge is 0.317 e. The first-order chi connectivity index (χ1) is 10.2. The molecule has 21 heavy (non-hydrogen) atoms. The van der Waals surface area contributed by atoms with Crippen molar-refractivity contribution in [1.82, 2.24) is 20.1 Å². The normalized spacial score (nSPS) is 18.5. The number of urea groups is 1. The van der Waals surface area contributed by atoms with Crippen LogP contribution in [0.2, 0.25) is 5.02 Å². The number of halogens is 1. The monoisotopic (exact) mass is 305 g/mol. The van der Waals surface area contributed by atoms with Crippen LogP contribution in [0.3, 0.4) is 0 Å². The van der Waals surface area contributed by atoms with Gasteiger partial charge in [0, 0.05) is 24.5 Å². The molecule has 0 spiro atoms. The van der Waals surface area contributed by atoms with Crippen LogP contribution in [-0.4, -0.2) is 32.7 Å².